The zero-order chi connectivity index (χ0) is 14.1. The van der Waals surface area contributed by atoms with Crippen LogP contribution in [0.4, 0.5) is 0 Å². The van der Waals surface area contributed by atoms with Gasteiger partial charge in [-0.3, -0.25) is 9.69 Å². The highest BCUT2D eigenvalue weighted by Gasteiger charge is 2.11. The van der Waals surface area contributed by atoms with Crippen LogP contribution in [0, 0.1) is 0 Å². The van der Waals surface area contributed by atoms with Gasteiger partial charge in [0.2, 0.25) is 0 Å². The van der Waals surface area contributed by atoms with Gasteiger partial charge in [-0.2, -0.15) is 0 Å². The molecular weight excluding hydrogens is 238 g/mol. The molecule has 0 spiro atoms. The molecule has 0 bridgehead atoms. The Hall–Kier alpha value is -1.35. The molecule has 0 radical (unpaired) electrons. The highest BCUT2D eigenvalue weighted by atomic mass is 16.5. The summed E-state index contributed by atoms with van der Waals surface area (Å²) in [4.78, 5) is 14.4. The van der Waals surface area contributed by atoms with Crippen molar-refractivity contribution in [2.45, 2.75) is 33.6 Å². The Labute approximate surface area is 116 Å². The quantitative estimate of drug-likeness (QED) is 0.640. The molecule has 106 valence electrons. The molecule has 3 nitrogen and oxygen atoms in total. The predicted molar refractivity (Wildman–Crippen MR) is 79.0 cm³/mol. The van der Waals surface area contributed by atoms with Gasteiger partial charge in [0.05, 0.1) is 13.2 Å². The summed E-state index contributed by atoms with van der Waals surface area (Å²) in [5.41, 5.74) is 0.764. The van der Waals surface area contributed by atoms with Crippen LogP contribution in [-0.2, 0) is 0 Å². The fourth-order valence-corrected chi connectivity index (χ4v) is 2.10. The van der Waals surface area contributed by atoms with Gasteiger partial charge in [-0.05, 0) is 57.1 Å². The molecule has 0 aromatic heterocycles. The van der Waals surface area contributed by atoms with Crippen molar-refractivity contribution in [2.75, 3.05) is 26.2 Å². The summed E-state index contributed by atoms with van der Waals surface area (Å²) in [5, 5.41) is 0. The average Bonchev–Trinajstić information content (AvgIpc) is 2.40. The Morgan fingerprint density at radius 3 is 2.11 bits per heavy atom. The van der Waals surface area contributed by atoms with E-state index in [1.807, 2.05) is 31.2 Å². The van der Waals surface area contributed by atoms with Crippen LogP contribution in [-0.4, -0.2) is 36.9 Å². The second-order valence-electron chi connectivity index (χ2n) is 4.66. The van der Waals surface area contributed by atoms with Crippen molar-refractivity contribution < 1.29 is 9.53 Å². The summed E-state index contributed by atoms with van der Waals surface area (Å²) in [6.07, 6.45) is 2.16. The van der Waals surface area contributed by atoms with Crippen molar-refractivity contribution in [3.8, 4) is 5.75 Å². The first-order chi connectivity index (χ1) is 9.21. The number of carbonyl (C=O) groups excluding carboxylic acids is 1. The fraction of sp³-hybridized carbons (Fsp3) is 0.562. The van der Waals surface area contributed by atoms with Gasteiger partial charge in [0.25, 0.3) is 0 Å². The summed E-state index contributed by atoms with van der Waals surface area (Å²) >= 11 is 0. The third kappa shape index (κ3) is 5.43. The maximum Gasteiger partial charge on any atom is 0.176 e. The number of hydrogen-bond donors (Lipinski definition) is 0. The number of hydrogen-bond acceptors (Lipinski definition) is 3. The maximum atomic E-state index is 12.2. The van der Waals surface area contributed by atoms with Gasteiger partial charge in [-0.25, -0.2) is 0 Å². The Morgan fingerprint density at radius 1 is 1.05 bits per heavy atom. The molecule has 19 heavy (non-hydrogen) atoms. The highest BCUT2D eigenvalue weighted by Crippen LogP contribution is 2.13. The largest absolute Gasteiger partial charge is 0.494 e. The summed E-state index contributed by atoms with van der Waals surface area (Å²) in [5.74, 6) is 1.00. The van der Waals surface area contributed by atoms with Crippen LogP contribution in [0.2, 0.25) is 0 Å². The number of ether oxygens (including phenoxy) is 1. The van der Waals surface area contributed by atoms with Crippen molar-refractivity contribution in [2.24, 2.45) is 0 Å². The van der Waals surface area contributed by atoms with Gasteiger partial charge in [0.15, 0.2) is 5.78 Å². The Balaban J connectivity index is 2.60. The normalized spacial score (nSPS) is 10.7. The standard InChI is InChI=1S/C16H25NO2/c1-4-11-17(12-5-2)13-16(18)14-7-9-15(10-8-14)19-6-3/h7-10H,4-6,11-13H2,1-3H3. The molecule has 0 aliphatic rings. The van der Waals surface area contributed by atoms with Crippen LogP contribution in [0.5, 0.6) is 5.75 Å². The first-order valence-electron chi connectivity index (χ1n) is 7.19. The average molecular weight is 263 g/mol. The molecule has 0 amide bonds. The van der Waals surface area contributed by atoms with Crippen molar-refractivity contribution in [3.63, 3.8) is 0 Å². The van der Waals surface area contributed by atoms with Crippen LogP contribution < -0.4 is 4.74 Å². The van der Waals surface area contributed by atoms with E-state index in [1.54, 1.807) is 0 Å². The molecule has 3 heteroatoms. The van der Waals surface area contributed by atoms with Crippen LogP contribution in [0.15, 0.2) is 24.3 Å². The van der Waals surface area contributed by atoms with Gasteiger partial charge in [0, 0.05) is 5.56 Å². The molecule has 0 heterocycles. The molecule has 0 aliphatic carbocycles. The van der Waals surface area contributed by atoms with E-state index >= 15 is 0 Å². The van der Waals surface area contributed by atoms with Crippen molar-refractivity contribution >= 4 is 5.78 Å². The van der Waals surface area contributed by atoms with Crippen molar-refractivity contribution in [1.82, 2.24) is 4.90 Å². The van der Waals surface area contributed by atoms with E-state index in [0.717, 1.165) is 37.2 Å². The number of carbonyl (C=O) groups is 1. The zero-order valence-electron chi connectivity index (χ0n) is 12.3. The molecule has 1 aromatic carbocycles. The van der Waals surface area contributed by atoms with E-state index in [4.69, 9.17) is 4.74 Å². The lowest BCUT2D eigenvalue weighted by Crippen LogP contribution is -2.31. The third-order valence-corrected chi connectivity index (χ3v) is 2.93. The lowest BCUT2D eigenvalue weighted by molar-refractivity contribution is 0.0930. The molecular formula is C16H25NO2. The smallest absolute Gasteiger partial charge is 0.176 e. The highest BCUT2D eigenvalue weighted by molar-refractivity contribution is 5.97. The minimum Gasteiger partial charge on any atom is -0.494 e. The predicted octanol–water partition coefficient (Wildman–Crippen LogP) is 3.39. The minimum atomic E-state index is 0.185. The van der Waals surface area contributed by atoms with Crippen molar-refractivity contribution in [1.29, 1.82) is 0 Å². The zero-order valence-corrected chi connectivity index (χ0v) is 12.3. The van der Waals surface area contributed by atoms with Gasteiger partial charge >= 0.3 is 0 Å². The lowest BCUT2D eigenvalue weighted by Gasteiger charge is -2.19. The van der Waals surface area contributed by atoms with Gasteiger partial charge < -0.3 is 4.74 Å². The van der Waals surface area contributed by atoms with Gasteiger partial charge in [0.1, 0.15) is 5.75 Å². The number of nitrogens with zero attached hydrogens (tertiary/aromatic N) is 1. The van der Waals surface area contributed by atoms with E-state index in [9.17, 15) is 4.79 Å². The molecule has 0 N–H and O–H groups in total. The molecule has 1 rings (SSSR count). The summed E-state index contributed by atoms with van der Waals surface area (Å²) in [6, 6.07) is 7.42. The monoisotopic (exact) mass is 263 g/mol. The van der Waals surface area contributed by atoms with E-state index in [1.165, 1.54) is 0 Å². The first kappa shape index (κ1) is 15.7. The fourth-order valence-electron chi connectivity index (χ4n) is 2.10. The second kappa shape index (κ2) is 8.70. The van der Waals surface area contributed by atoms with Crippen LogP contribution in [0.25, 0.3) is 0 Å². The van der Waals surface area contributed by atoms with Gasteiger partial charge in [-0.15, -0.1) is 0 Å². The van der Waals surface area contributed by atoms with Crippen LogP contribution in [0.1, 0.15) is 44.0 Å². The third-order valence-electron chi connectivity index (χ3n) is 2.93. The Kier molecular flexibility index (Phi) is 7.19. The summed E-state index contributed by atoms with van der Waals surface area (Å²) < 4.78 is 5.38. The second-order valence-corrected chi connectivity index (χ2v) is 4.66. The lowest BCUT2D eigenvalue weighted by atomic mass is 10.1. The summed E-state index contributed by atoms with van der Waals surface area (Å²) in [7, 11) is 0. The molecule has 0 atom stereocenters. The van der Waals surface area contributed by atoms with E-state index in [2.05, 4.69) is 18.7 Å². The SMILES string of the molecule is CCCN(CCC)CC(=O)c1ccc(OCC)cc1. The molecule has 0 saturated heterocycles. The number of benzene rings is 1. The van der Waals surface area contributed by atoms with Crippen LogP contribution >= 0.6 is 0 Å². The van der Waals surface area contributed by atoms with E-state index in [0.29, 0.717) is 13.2 Å². The minimum absolute atomic E-state index is 0.185. The summed E-state index contributed by atoms with van der Waals surface area (Å²) in [6.45, 7) is 9.36. The van der Waals surface area contributed by atoms with Crippen LogP contribution in [0.3, 0.4) is 0 Å². The molecule has 0 unspecified atom stereocenters. The van der Waals surface area contributed by atoms with Crippen molar-refractivity contribution in [3.05, 3.63) is 29.8 Å². The van der Waals surface area contributed by atoms with E-state index < -0.39 is 0 Å². The maximum absolute atomic E-state index is 12.2. The molecule has 0 aliphatic heterocycles. The van der Waals surface area contributed by atoms with E-state index in [-0.39, 0.29) is 5.78 Å². The Bertz CT molecular complexity index is 367. The Morgan fingerprint density at radius 2 is 1.63 bits per heavy atom. The molecule has 1 aromatic rings. The number of rotatable bonds is 9. The molecule has 0 saturated carbocycles. The topological polar surface area (TPSA) is 29.5 Å². The first-order valence-corrected chi connectivity index (χ1v) is 7.19. The molecule has 0 fully saturated rings. The number of ketones is 1. The number of Topliss-reactive ketones (excluding diaryl/α,β-unsaturated/α-hetero) is 1. The van der Waals surface area contributed by atoms with Gasteiger partial charge in [-0.1, -0.05) is 13.8 Å².